The molecule has 0 spiro atoms. The van der Waals surface area contributed by atoms with Crippen molar-refractivity contribution in [2.75, 3.05) is 25.6 Å². The van der Waals surface area contributed by atoms with Crippen molar-refractivity contribution in [3.05, 3.63) is 42.1 Å². The molecule has 1 saturated carbocycles. The predicted molar refractivity (Wildman–Crippen MR) is 108 cm³/mol. The van der Waals surface area contributed by atoms with Gasteiger partial charge < -0.3 is 19.5 Å². The molecule has 0 aliphatic heterocycles. The Hall–Kier alpha value is -2.76. The van der Waals surface area contributed by atoms with Crippen molar-refractivity contribution in [2.45, 2.75) is 39.0 Å². The summed E-state index contributed by atoms with van der Waals surface area (Å²) >= 11 is 0. The molecule has 1 amide bonds. The van der Waals surface area contributed by atoms with Crippen LogP contribution in [-0.4, -0.2) is 31.2 Å². The highest BCUT2D eigenvalue weighted by Gasteiger charge is 2.17. The van der Waals surface area contributed by atoms with E-state index in [4.69, 9.17) is 14.2 Å². The Bertz CT molecular complexity index is 788. The van der Waals surface area contributed by atoms with E-state index in [1.165, 1.54) is 32.1 Å². The van der Waals surface area contributed by atoms with Crippen LogP contribution in [0.4, 0.5) is 5.82 Å². The molecule has 0 atom stereocenters. The maximum Gasteiger partial charge on any atom is 0.257 e. The minimum atomic E-state index is -0.275. The Morgan fingerprint density at radius 1 is 1.11 bits per heavy atom. The van der Waals surface area contributed by atoms with Crippen LogP contribution in [0.2, 0.25) is 0 Å². The number of rotatable bonds is 8. The standard InChI is InChI=1S/C22H28N2O4/c1-3-27-18-12-11-17(14-20(18)26-2)22(25)24-21-19(10-7-13-23-21)28-15-16-8-5-4-6-9-16/h7,10-14,16H,3-6,8-9,15H2,1-2H3,(H,23,24,25). The third-order valence-electron chi connectivity index (χ3n) is 4.93. The van der Waals surface area contributed by atoms with E-state index in [9.17, 15) is 4.79 Å². The van der Waals surface area contributed by atoms with Crippen molar-refractivity contribution in [1.29, 1.82) is 0 Å². The van der Waals surface area contributed by atoms with Crippen LogP contribution in [0.25, 0.3) is 0 Å². The number of benzene rings is 1. The maximum atomic E-state index is 12.7. The van der Waals surface area contributed by atoms with Gasteiger partial charge in [-0.1, -0.05) is 19.3 Å². The summed E-state index contributed by atoms with van der Waals surface area (Å²) in [5.74, 6) is 2.45. The van der Waals surface area contributed by atoms with Crippen LogP contribution < -0.4 is 19.5 Å². The second kappa shape index (κ2) is 9.97. The van der Waals surface area contributed by atoms with Gasteiger partial charge in [-0.15, -0.1) is 0 Å². The number of aromatic nitrogens is 1. The van der Waals surface area contributed by atoms with E-state index in [0.717, 1.165) is 0 Å². The van der Waals surface area contributed by atoms with E-state index in [1.54, 1.807) is 31.5 Å². The summed E-state index contributed by atoms with van der Waals surface area (Å²) in [5, 5.41) is 2.85. The predicted octanol–water partition coefficient (Wildman–Crippen LogP) is 4.70. The third-order valence-corrected chi connectivity index (χ3v) is 4.93. The average Bonchev–Trinajstić information content (AvgIpc) is 2.74. The van der Waals surface area contributed by atoms with Gasteiger partial charge in [0, 0.05) is 11.8 Å². The van der Waals surface area contributed by atoms with Gasteiger partial charge >= 0.3 is 0 Å². The molecule has 0 radical (unpaired) electrons. The molecule has 1 aromatic carbocycles. The average molecular weight is 384 g/mol. The molecule has 1 aliphatic rings. The van der Waals surface area contributed by atoms with Gasteiger partial charge in [-0.3, -0.25) is 4.79 Å². The summed E-state index contributed by atoms with van der Waals surface area (Å²) in [4.78, 5) is 17.0. The number of nitrogens with one attached hydrogen (secondary N) is 1. The first-order chi connectivity index (χ1) is 13.7. The molecule has 6 heteroatoms. The minimum Gasteiger partial charge on any atom is -0.493 e. The van der Waals surface area contributed by atoms with Crippen molar-refractivity contribution < 1.29 is 19.0 Å². The first kappa shape index (κ1) is 20.0. The van der Waals surface area contributed by atoms with E-state index in [-0.39, 0.29) is 5.91 Å². The highest BCUT2D eigenvalue weighted by Crippen LogP contribution is 2.30. The number of hydrogen-bond acceptors (Lipinski definition) is 5. The molecule has 1 fully saturated rings. The van der Waals surface area contributed by atoms with Gasteiger partial charge in [0.2, 0.25) is 0 Å². The number of ether oxygens (including phenoxy) is 3. The van der Waals surface area contributed by atoms with E-state index >= 15 is 0 Å². The Labute approximate surface area is 166 Å². The van der Waals surface area contributed by atoms with Crippen molar-refractivity contribution in [3.63, 3.8) is 0 Å². The lowest BCUT2D eigenvalue weighted by molar-refractivity contribution is 0.102. The first-order valence-electron chi connectivity index (χ1n) is 9.91. The van der Waals surface area contributed by atoms with E-state index < -0.39 is 0 Å². The molecule has 0 unspecified atom stereocenters. The lowest BCUT2D eigenvalue weighted by Crippen LogP contribution is -2.18. The second-order valence-corrected chi connectivity index (χ2v) is 6.92. The number of carbonyl (C=O) groups excluding carboxylic acids is 1. The quantitative estimate of drug-likeness (QED) is 0.714. The Morgan fingerprint density at radius 3 is 2.68 bits per heavy atom. The number of hydrogen-bond donors (Lipinski definition) is 1. The third kappa shape index (κ3) is 5.15. The lowest BCUT2D eigenvalue weighted by Gasteiger charge is -2.22. The molecule has 28 heavy (non-hydrogen) atoms. The van der Waals surface area contributed by atoms with Gasteiger partial charge in [0.05, 0.1) is 20.3 Å². The van der Waals surface area contributed by atoms with Crippen LogP contribution in [0.5, 0.6) is 17.2 Å². The van der Waals surface area contributed by atoms with Gasteiger partial charge in [0.25, 0.3) is 5.91 Å². The number of methoxy groups -OCH3 is 1. The Kier molecular flexibility index (Phi) is 7.12. The van der Waals surface area contributed by atoms with Gasteiger partial charge in [-0.05, 0) is 56.0 Å². The minimum absolute atomic E-state index is 0.275. The van der Waals surface area contributed by atoms with Gasteiger partial charge in [0.1, 0.15) is 0 Å². The maximum absolute atomic E-state index is 12.7. The topological polar surface area (TPSA) is 69.7 Å². The first-order valence-corrected chi connectivity index (χ1v) is 9.91. The number of carbonyl (C=O) groups is 1. The molecule has 2 aromatic rings. The fourth-order valence-electron chi connectivity index (χ4n) is 3.43. The lowest BCUT2D eigenvalue weighted by atomic mass is 9.90. The molecule has 3 rings (SSSR count). The molecule has 1 aliphatic carbocycles. The fraction of sp³-hybridized carbons (Fsp3) is 0.455. The van der Waals surface area contributed by atoms with Crippen molar-refractivity contribution in [1.82, 2.24) is 4.98 Å². The Morgan fingerprint density at radius 2 is 1.93 bits per heavy atom. The zero-order chi connectivity index (χ0) is 19.8. The molecule has 1 aromatic heterocycles. The zero-order valence-corrected chi connectivity index (χ0v) is 16.6. The molecule has 6 nitrogen and oxygen atoms in total. The summed E-state index contributed by atoms with van der Waals surface area (Å²) < 4.78 is 16.8. The number of nitrogens with zero attached hydrogens (tertiary/aromatic N) is 1. The summed E-state index contributed by atoms with van der Waals surface area (Å²) in [6, 6.07) is 8.74. The summed E-state index contributed by atoms with van der Waals surface area (Å²) in [6.07, 6.45) is 7.90. The second-order valence-electron chi connectivity index (χ2n) is 6.92. The largest absolute Gasteiger partial charge is 0.493 e. The van der Waals surface area contributed by atoms with Crippen LogP contribution in [-0.2, 0) is 0 Å². The smallest absolute Gasteiger partial charge is 0.257 e. The van der Waals surface area contributed by atoms with Crippen LogP contribution in [0.15, 0.2) is 36.5 Å². The molecular formula is C22H28N2O4. The molecule has 150 valence electrons. The number of anilines is 1. The summed E-state index contributed by atoms with van der Waals surface area (Å²) in [6.45, 7) is 3.08. The van der Waals surface area contributed by atoms with E-state index in [0.29, 0.717) is 47.8 Å². The van der Waals surface area contributed by atoms with Crippen LogP contribution in [0.3, 0.4) is 0 Å². The van der Waals surface area contributed by atoms with Crippen molar-refractivity contribution >= 4 is 11.7 Å². The van der Waals surface area contributed by atoms with Crippen molar-refractivity contribution in [3.8, 4) is 17.2 Å². The molecule has 1 heterocycles. The van der Waals surface area contributed by atoms with E-state index in [1.807, 2.05) is 19.1 Å². The van der Waals surface area contributed by atoms with E-state index in [2.05, 4.69) is 10.3 Å². The molecular weight excluding hydrogens is 356 g/mol. The highest BCUT2D eigenvalue weighted by atomic mass is 16.5. The Balaban J connectivity index is 1.68. The summed E-state index contributed by atoms with van der Waals surface area (Å²) in [5.41, 5.74) is 0.462. The zero-order valence-electron chi connectivity index (χ0n) is 16.6. The van der Waals surface area contributed by atoms with Crippen molar-refractivity contribution in [2.24, 2.45) is 5.92 Å². The van der Waals surface area contributed by atoms with Crippen LogP contribution >= 0.6 is 0 Å². The van der Waals surface area contributed by atoms with Crippen LogP contribution in [0, 0.1) is 5.92 Å². The molecule has 1 N–H and O–H groups in total. The van der Waals surface area contributed by atoms with Crippen LogP contribution in [0.1, 0.15) is 49.4 Å². The van der Waals surface area contributed by atoms with Gasteiger partial charge in [-0.25, -0.2) is 4.98 Å². The number of pyridine rings is 1. The summed E-state index contributed by atoms with van der Waals surface area (Å²) in [7, 11) is 1.55. The fourth-order valence-corrected chi connectivity index (χ4v) is 3.43. The van der Waals surface area contributed by atoms with Gasteiger partial charge in [0.15, 0.2) is 23.1 Å². The monoisotopic (exact) mass is 384 g/mol. The normalized spacial score (nSPS) is 14.4. The SMILES string of the molecule is CCOc1ccc(C(=O)Nc2ncccc2OCC2CCCCC2)cc1OC. The molecule has 0 saturated heterocycles. The van der Waals surface area contributed by atoms with Gasteiger partial charge in [-0.2, -0.15) is 0 Å². The number of amides is 1. The molecule has 0 bridgehead atoms. The highest BCUT2D eigenvalue weighted by molar-refractivity contribution is 6.04.